The van der Waals surface area contributed by atoms with Gasteiger partial charge in [0.2, 0.25) is 0 Å². The lowest BCUT2D eigenvalue weighted by molar-refractivity contribution is -0.137. The maximum absolute atomic E-state index is 12.9. The van der Waals surface area contributed by atoms with Crippen LogP contribution in [0.25, 0.3) is 0 Å². The first kappa shape index (κ1) is 20.2. The Hall–Kier alpha value is -2.50. The SMILES string of the molecule is CC(C)(C)CNC(=O)N1CCc2ccccc2[C@H]1c1ccc(C(F)(F)F)cc1. The summed E-state index contributed by atoms with van der Waals surface area (Å²) in [6.45, 7) is 7.13. The van der Waals surface area contributed by atoms with Gasteiger partial charge < -0.3 is 10.2 Å². The predicted molar refractivity (Wildman–Crippen MR) is 103 cm³/mol. The van der Waals surface area contributed by atoms with Gasteiger partial charge in [0.05, 0.1) is 11.6 Å². The van der Waals surface area contributed by atoms with Crippen LogP contribution in [0.3, 0.4) is 0 Å². The zero-order valence-electron chi connectivity index (χ0n) is 16.3. The van der Waals surface area contributed by atoms with E-state index in [1.54, 1.807) is 4.90 Å². The molecule has 0 aliphatic carbocycles. The summed E-state index contributed by atoms with van der Waals surface area (Å²) in [6.07, 6.45) is -3.66. The molecule has 1 aliphatic rings. The number of carbonyl (C=O) groups is 1. The van der Waals surface area contributed by atoms with E-state index in [9.17, 15) is 18.0 Å². The van der Waals surface area contributed by atoms with Crippen molar-refractivity contribution in [3.63, 3.8) is 0 Å². The van der Waals surface area contributed by atoms with E-state index in [0.29, 0.717) is 18.7 Å². The maximum Gasteiger partial charge on any atom is 0.416 e. The summed E-state index contributed by atoms with van der Waals surface area (Å²) in [5.74, 6) is 0. The van der Waals surface area contributed by atoms with Crippen molar-refractivity contribution in [1.82, 2.24) is 10.2 Å². The zero-order valence-corrected chi connectivity index (χ0v) is 16.3. The second kappa shape index (κ2) is 7.49. The van der Waals surface area contributed by atoms with E-state index in [0.717, 1.165) is 29.7 Å². The van der Waals surface area contributed by atoms with E-state index >= 15 is 0 Å². The van der Waals surface area contributed by atoms with Crippen LogP contribution in [0, 0.1) is 5.41 Å². The van der Waals surface area contributed by atoms with Crippen molar-refractivity contribution in [2.45, 2.75) is 39.4 Å². The Morgan fingerprint density at radius 2 is 1.71 bits per heavy atom. The number of hydrogen-bond donors (Lipinski definition) is 1. The third-order valence-corrected chi connectivity index (χ3v) is 4.87. The average molecular weight is 390 g/mol. The summed E-state index contributed by atoms with van der Waals surface area (Å²) < 4.78 is 38.8. The molecule has 0 fully saturated rings. The van der Waals surface area contributed by atoms with Crippen LogP contribution in [0.15, 0.2) is 48.5 Å². The average Bonchev–Trinajstić information content (AvgIpc) is 2.64. The second-order valence-corrected chi connectivity index (χ2v) is 8.38. The number of carbonyl (C=O) groups excluding carboxylic acids is 1. The number of hydrogen-bond acceptors (Lipinski definition) is 1. The molecule has 1 atom stereocenters. The third kappa shape index (κ3) is 4.49. The molecule has 0 bridgehead atoms. The molecule has 3 rings (SSSR count). The van der Waals surface area contributed by atoms with E-state index in [1.807, 2.05) is 45.0 Å². The van der Waals surface area contributed by atoms with E-state index in [4.69, 9.17) is 0 Å². The normalized spacial score (nSPS) is 17.2. The third-order valence-electron chi connectivity index (χ3n) is 4.87. The van der Waals surface area contributed by atoms with Gasteiger partial charge in [0.15, 0.2) is 0 Å². The van der Waals surface area contributed by atoms with E-state index < -0.39 is 17.8 Å². The summed E-state index contributed by atoms with van der Waals surface area (Å²) in [5, 5.41) is 2.97. The molecular formula is C22H25F3N2O. The Labute approximate surface area is 163 Å². The van der Waals surface area contributed by atoms with E-state index in [-0.39, 0.29) is 11.4 Å². The summed E-state index contributed by atoms with van der Waals surface area (Å²) in [6, 6.07) is 12.3. The highest BCUT2D eigenvalue weighted by atomic mass is 19.4. The lowest BCUT2D eigenvalue weighted by Crippen LogP contribution is -2.47. The Balaban J connectivity index is 1.95. The molecule has 150 valence electrons. The monoisotopic (exact) mass is 390 g/mol. The van der Waals surface area contributed by atoms with Gasteiger partial charge in [0.1, 0.15) is 0 Å². The van der Waals surface area contributed by atoms with Crippen LogP contribution in [0.4, 0.5) is 18.0 Å². The van der Waals surface area contributed by atoms with Gasteiger partial charge in [-0.25, -0.2) is 4.79 Å². The van der Waals surface area contributed by atoms with Gasteiger partial charge >= 0.3 is 12.2 Å². The number of nitrogens with zero attached hydrogens (tertiary/aromatic N) is 1. The number of alkyl halides is 3. The minimum Gasteiger partial charge on any atom is -0.337 e. The van der Waals surface area contributed by atoms with Gasteiger partial charge in [0, 0.05) is 13.1 Å². The smallest absolute Gasteiger partial charge is 0.337 e. The van der Waals surface area contributed by atoms with E-state index in [1.165, 1.54) is 12.1 Å². The fraction of sp³-hybridized carbons (Fsp3) is 0.409. The fourth-order valence-corrected chi connectivity index (χ4v) is 3.44. The minimum atomic E-state index is -4.38. The molecule has 2 aromatic carbocycles. The van der Waals surface area contributed by atoms with Crippen LogP contribution in [-0.2, 0) is 12.6 Å². The zero-order chi connectivity index (χ0) is 20.5. The number of amides is 2. The first-order valence-corrected chi connectivity index (χ1v) is 9.36. The van der Waals surface area contributed by atoms with Crippen molar-refractivity contribution < 1.29 is 18.0 Å². The number of halogens is 3. The number of urea groups is 1. The van der Waals surface area contributed by atoms with Crippen molar-refractivity contribution >= 4 is 6.03 Å². The largest absolute Gasteiger partial charge is 0.416 e. The molecule has 0 unspecified atom stereocenters. The molecule has 28 heavy (non-hydrogen) atoms. The number of benzene rings is 2. The molecule has 1 aliphatic heterocycles. The summed E-state index contributed by atoms with van der Waals surface area (Å²) in [5.41, 5.74) is 1.99. The van der Waals surface area contributed by atoms with Gasteiger partial charge in [-0.15, -0.1) is 0 Å². The first-order chi connectivity index (χ1) is 13.1. The van der Waals surface area contributed by atoms with Crippen molar-refractivity contribution in [2.75, 3.05) is 13.1 Å². The van der Waals surface area contributed by atoms with Gasteiger partial charge in [-0.05, 0) is 40.7 Å². The van der Waals surface area contributed by atoms with Crippen molar-refractivity contribution in [2.24, 2.45) is 5.41 Å². The molecule has 2 aromatic rings. The molecule has 0 radical (unpaired) electrons. The Morgan fingerprint density at radius 1 is 1.07 bits per heavy atom. The lowest BCUT2D eigenvalue weighted by Gasteiger charge is -2.38. The molecular weight excluding hydrogens is 365 g/mol. The van der Waals surface area contributed by atoms with Crippen LogP contribution in [0.5, 0.6) is 0 Å². The highest BCUT2D eigenvalue weighted by Gasteiger charge is 2.34. The summed E-state index contributed by atoms with van der Waals surface area (Å²) in [7, 11) is 0. The van der Waals surface area contributed by atoms with Crippen molar-refractivity contribution in [3.8, 4) is 0 Å². The molecule has 0 aromatic heterocycles. The van der Waals surface area contributed by atoms with Crippen LogP contribution in [0.1, 0.15) is 49.1 Å². The number of fused-ring (bicyclic) bond motifs is 1. The fourth-order valence-electron chi connectivity index (χ4n) is 3.44. The van der Waals surface area contributed by atoms with E-state index in [2.05, 4.69) is 5.32 Å². The van der Waals surface area contributed by atoms with Gasteiger partial charge in [0.25, 0.3) is 0 Å². The Kier molecular flexibility index (Phi) is 5.41. The van der Waals surface area contributed by atoms with Crippen molar-refractivity contribution in [3.05, 3.63) is 70.8 Å². The maximum atomic E-state index is 12.9. The molecule has 1 heterocycles. The molecule has 2 amide bonds. The van der Waals surface area contributed by atoms with Crippen molar-refractivity contribution in [1.29, 1.82) is 0 Å². The number of nitrogens with one attached hydrogen (secondary N) is 1. The first-order valence-electron chi connectivity index (χ1n) is 9.36. The lowest BCUT2D eigenvalue weighted by atomic mass is 9.88. The molecule has 0 saturated carbocycles. The Bertz CT molecular complexity index is 838. The highest BCUT2D eigenvalue weighted by molar-refractivity contribution is 5.76. The Morgan fingerprint density at radius 3 is 2.32 bits per heavy atom. The van der Waals surface area contributed by atoms with Gasteiger partial charge in [-0.1, -0.05) is 57.2 Å². The molecule has 3 nitrogen and oxygen atoms in total. The minimum absolute atomic E-state index is 0.0623. The highest BCUT2D eigenvalue weighted by Crippen LogP contribution is 2.37. The molecule has 6 heteroatoms. The topological polar surface area (TPSA) is 32.3 Å². The molecule has 0 spiro atoms. The summed E-state index contributed by atoms with van der Waals surface area (Å²) in [4.78, 5) is 14.6. The molecule has 0 saturated heterocycles. The van der Waals surface area contributed by atoms with Gasteiger partial charge in [-0.2, -0.15) is 13.2 Å². The molecule has 1 N–H and O–H groups in total. The second-order valence-electron chi connectivity index (χ2n) is 8.38. The van der Waals surface area contributed by atoms with Crippen LogP contribution in [0.2, 0.25) is 0 Å². The standard InChI is InChI=1S/C22H25F3N2O/c1-21(2,3)14-26-20(28)27-13-12-15-6-4-5-7-18(15)19(27)16-8-10-17(11-9-16)22(23,24)25/h4-11,19H,12-14H2,1-3H3,(H,26,28)/t19-/m1/s1. The van der Waals surface area contributed by atoms with Crippen LogP contribution in [-0.4, -0.2) is 24.0 Å². The number of rotatable bonds is 2. The van der Waals surface area contributed by atoms with Crippen LogP contribution < -0.4 is 5.32 Å². The van der Waals surface area contributed by atoms with Gasteiger partial charge in [-0.3, -0.25) is 0 Å². The summed E-state index contributed by atoms with van der Waals surface area (Å²) >= 11 is 0. The predicted octanol–water partition coefficient (Wildman–Crippen LogP) is 5.41. The van der Waals surface area contributed by atoms with Crippen LogP contribution >= 0.6 is 0 Å². The quantitative estimate of drug-likeness (QED) is 0.731.